The van der Waals surface area contributed by atoms with Gasteiger partial charge in [0.1, 0.15) is 12.4 Å². The predicted octanol–water partition coefficient (Wildman–Crippen LogP) is 6.40. The number of aromatic nitrogens is 1. The molecular weight excluding hydrogens is 401 g/mol. The van der Waals surface area contributed by atoms with Crippen LogP contribution in [0.4, 0.5) is 4.39 Å². The molecule has 1 aromatic heterocycles. The van der Waals surface area contributed by atoms with Crippen LogP contribution in [-0.2, 0) is 17.8 Å². The largest absolute Gasteiger partial charge is 0.473 e. The molecule has 0 saturated carbocycles. The molecule has 1 aliphatic rings. The maximum absolute atomic E-state index is 15.0. The van der Waals surface area contributed by atoms with E-state index in [9.17, 15) is 0 Å². The molecule has 0 saturated heterocycles. The van der Waals surface area contributed by atoms with Gasteiger partial charge in [-0.05, 0) is 47.9 Å². The fourth-order valence-corrected chi connectivity index (χ4v) is 4.00. The first-order chi connectivity index (χ1) is 15.7. The van der Waals surface area contributed by atoms with Crippen molar-refractivity contribution in [2.24, 2.45) is 11.8 Å². The van der Waals surface area contributed by atoms with Crippen molar-refractivity contribution in [2.75, 3.05) is 13.7 Å². The number of nitrogens with zero attached hydrogens (tertiary/aromatic N) is 1. The summed E-state index contributed by atoms with van der Waals surface area (Å²) in [4.78, 5) is 4.57. The Morgan fingerprint density at radius 2 is 1.72 bits per heavy atom. The highest BCUT2D eigenvalue weighted by molar-refractivity contribution is 5.60. The summed E-state index contributed by atoms with van der Waals surface area (Å²) >= 11 is 0. The van der Waals surface area contributed by atoms with Gasteiger partial charge in [0.2, 0.25) is 5.88 Å². The standard InChI is InChI=1S/C28H28FNO2/c1-31-17-16-22-10-5-6-11-23(22)18-24-14-15-25(19-26(24)29)27-12-7-13-28(30-27)32-20-21-8-3-2-4-9-21/h2-15,19,22-23H,16-18,20H2,1H3. The second-order valence-corrected chi connectivity index (χ2v) is 8.02. The monoisotopic (exact) mass is 429 g/mol. The van der Waals surface area contributed by atoms with E-state index in [-0.39, 0.29) is 11.7 Å². The third-order valence-electron chi connectivity index (χ3n) is 5.79. The fourth-order valence-electron chi connectivity index (χ4n) is 4.00. The lowest BCUT2D eigenvalue weighted by atomic mass is 9.82. The van der Waals surface area contributed by atoms with Gasteiger partial charge in [-0.2, -0.15) is 0 Å². The Morgan fingerprint density at radius 1 is 0.906 bits per heavy atom. The smallest absolute Gasteiger partial charge is 0.214 e. The van der Waals surface area contributed by atoms with E-state index in [2.05, 4.69) is 23.2 Å². The van der Waals surface area contributed by atoms with Crippen molar-refractivity contribution >= 4 is 0 Å². The van der Waals surface area contributed by atoms with Crippen molar-refractivity contribution in [3.05, 3.63) is 108 Å². The number of benzene rings is 2. The summed E-state index contributed by atoms with van der Waals surface area (Å²) < 4.78 is 26.1. The number of pyridine rings is 1. The van der Waals surface area contributed by atoms with E-state index in [4.69, 9.17) is 9.47 Å². The van der Waals surface area contributed by atoms with Crippen LogP contribution in [0.2, 0.25) is 0 Å². The second kappa shape index (κ2) is 10.9. The lowest BCUT2D eigenvalue weighted by Crippen LogP contribution is -2.17. The predicted molar refractivity (Wildman–Crippen MR) is 126 cm³/mol. The van der Waals surface area contributed by atoms with Gasteiger partial charge in [-0.25, -0.2) is 9.37 Å². The van der Waals surface area contributed by atoms with Gasteiger partial charge < -0.3 is 9.47 Å². The van der Waals surface area contributed by atoms with Crippen molar-refractivity contribution in [1.82, 2.24) is 4.98 Å². The summed E-state index contributed by atoms with van der Waals surface area (Å²) in [7, 11) is 1.71. The van der Waals surface area contributed by atoms with Crippen molar-refractivity contribution in [3.8, 4) is 17.1 Å². The van der Waals surface area contributed by atoms with Gasteiger partial charge in [-0.3, -0.25) is 0 Å². The summed E-state index contributed by atoms with van der Waals surface area (Å²) in [6, 6.07) is 20.9. The van der Waals surface area contributed by atoms with Crippen LogP contribution >= 0.6 is 0 Å². The molecule has 1 aliphatic carbocycles. The van der Waals surface area contributed by atoms with Crippen LogP contribution in [0.3, 0.4) is 0 Å². The second-order valence-electron chi connectivity index (χ2n) is 8.02. The summed E-state index contributed by atoms with van der Waals surface area (Å²) in [6.45, 7) is 1.15. The quantitative estimate of drug-likeness (QED) is 0.394. The van der Waals surface area contributed by atoms with Crippen LogP contribution < -0.4 is 4.74 Å². The minimum absolute atomic E-state index is 0.201. The van der Waals surface area contributed by atoms with Crippen LogP contribution in [0.15, 0.2) is 91.0 Å². The molecule has 0 bridgehead atoms. The molecule has 0 spiro atoms. The van der Waals surface area contributed by atoms with Gasteiger partial charge in [0.05, 0.1) is 5.69 Å². The van der Waals surface area contributed by atoms with E-state index < -0.39 is 0 Å². The molecule has 0 fully saturated rings. The minimum atomic E-state index is -0.201. The number of methoxy groups -OCH3 is 1. The molecule has 2 aromatic carbocycles. The van der Waals surface area contributed by atoms with Crippen LogP contribution in [0.1, 0.15) is 17.5 Å². The average Bonchev–Trinajstić information content (AvgIpc) is 2.84. The summed E-state index contributed by atoms with van der Waals surface area (Å²) in [5.41, 5.74) is 3.23. The molecule has 4 heteroatoms. The summed E-state index contributed by atoms with van der Waals surface area (Å²) in [5, 5.41) is 0. The van der Waals surface area contributed by atoms with Gasteiger partial charge in [0.15, 0.2) is 0 Å². The zero-order valence-electron chi connectivity index (χ0n) is 18.3. The Bertz CT molecular complexity index is 1080. The van der Waals surface area contributed by atoms with Crippen molar-refractivity contribution in [3.63, 3.8) is 0 Å². The molecule has 3 aromatic rings. The van der Waals surface area contributed by atoms with Gasteiger partial charge in [0, 0.05) is 25.3 Å². The Morgan fingerprint density at radius 3 is 2.50 bits per heavy atom. The third-order valence-corrected chi connectivity index (χ3v) is 5.79. The molecule has 1 heterocycles. The Kier molecular flexibility index (Phi) is 7.47. The molecule has 0 N–H and O–H groups in total. The molecule has 0 aliphatic heterocycles. The highest BCUT2D eigenvalue weighted by atomic mass is 19.1. The van der Waals surface area contributed by atoms with Gasteiger partial charge in [0.25, 0.3) is 0 Å². The fraction of sp³-hybridized carbons (Fsp3) is 0.250. The lowest BCUT2D eigenvalue weighted by molar-refractivity contribution is 0.176. The van der Waals surface area contributed by atoms with E-state index in [1.807, 2.05) is 66.7 Å². The zero-order chi connectivity index (χ0) is 22.2. The van der Waals surface area contributed by atoms with Crippen LogP contribution in [0.5, 0.6) is 5.88 Å². The summed E-state index contributed by atoms with van der Waals surface area (Å²) in [5.74, 6) is 0.951. The zero-order valence-corrected chi connectivity index (χ0v) is 18.3. The van der Waals surface area contributed by atoms with E-state index in [1.165, 1.54) is 0 Å². The van der Waals surface area contributed by atoms with E-state index >= 15 is 4.39 Å². The molecule has 164 valence electrons. The first-order valence-corrected chi connectivity index (χ1v) is 11.0. The summed E-state index contributed by atoms with van der Waals surface area (Å²) in [6.07, 6.45) is 10.1. The first kappa shape index (κ1) is 22.0. The van der Waals surface area contributed by atoms with Gasteiger partial charge >= 0.3 is 0 Å². The molecule has 2 atom stereocenters. The Balaban J connectivity index is 1.45. The average molecular weight is 430 g/mol. The Labute approximate surface area is 189 Å². The van der Waals surface area contributed by atoms with Gasteiger partial charge in [-0.1, -0.05) is 72.8 Å². The maximum Gasteiger partial charge on any atom is 0.214 e. The highest BCUT2D eigenvalue weighted by Gasteiger charge is 2.20. The van der Waals surface area contributed by atoms with Crippen molar-refractivity contribution in [2.45, 2.75) is 19.4 Å². The molecule has 0 amide bonds. The van der Waals surface area contributed by atoms with E-state index in [0.29, 0.717) is 37.1 Å². The molecule has 2 unspecified atom stereocenters. The minimum Gasteiger partial charge on any atom is -0.473 e. The highest BCUT2D eigenvalue weighted by Crippen LogP contribution is 2.29. The maximum atomic E-state index is 15.0. The number of halogens is 1. The van der Waals surface area contributed by atoms with E-state index in [0.717, 1.165) is 23.1 Å². The van der Waals surface area contributed by atoms with Crippen LogP contribution in [-0.4, -0.2) is 18.7 Å². The third kappa shape index (κ3) is 5.71. The number of rotatable bonds is 9. The van der Waals surface area contributed by atoms with Crippen molar-refractivity contribution < 1.29 is 13.9 Å². The normalized spacial score (nSPS) is 17.4. The number of ether oxygens (including phenoxy) is 2. The van der Waals surface area contributed by atoms with Crippen LogP contribution in [0.25, 0.3) is 11.3 Å². The topological polar surface area (TPSA) is 31.4 Å². The molecular formula is C28H28FNO2. The first-order valence-electron chi connectivity index (χ1n) is 11.0. The van der Waals surface area contributed by atoms with Crippen LogP contribution in [0, 0.1) is 17.7 Å². The number of hydrogen-bond acceptors (Lipinski definition) is 3. The van der Waals surface area contributed by atoms with E-state index in [1.54, 1.807) is 13.2 Å². The lowest BCUT2D eigenvalue weighted by Gasteiger charge is -2.24. The molecule has 0 radical (unpaired) electrons. The van der Waals surface area contributed by atoms with Crippen molar-refractivity contribution in [1.29, 1.82) is 0 Å². The SMILES string of the molecule is COCCC1C=CC=CC1Cc1ccc(-c2cccc(OCc3ccccc3)n2)cc1F. The molecule has 3 nitrogen and oxygen atoms in total. The Hall–Kier alpha value is -3.24. The molecule has 32 heavy (non-hydrogen) atoms. The number of hydrogen-bond donors (Lipinski definition) is 0. The van der Waals surface area contributed by atoms with Gasteiger partial charge in [-0.15, -0.1) is 0 Å². The molecule has 4 rings (SSSR count). The number of allylic oxidation sites excluding steroid dienone is 4.